The number of benzene rings is 1. The Bertz CT molecular complexity index is 394. The van der Waals surface area contributed by atoms with Crippen molar-refractivity contribution in [3.8, 4) is 11.5 Å². The normalized spacial score (nSPS) is 10.0. The fourth-order valence-electron chi connectivity index (χ4n) is 0.996. The fraction of sp³-hybridized carbons (Fsp3) is 0.273. The van der Waals surface area contributed by atoms with Crippen molar-refractivity contribution in [2.24, 2.45) is 0 Å². The van der Waals surface area contributed by atoms with Crippen LogP contribution in [0.1, 0.15) is 0 Å². The predicted octanol–water partition coefficient (Wildman–Crippen LogP) is 4.39. The van der Waals surface area contributed by atoms with Crippen LogP contribution in [0.15, 0.2) is 33.2 Å². The number of hydrogen-bond donors (Lipinski definition) is 0. The molecule has 0 atom stereocenters. The van der Waals surface area contributed by atoms with E-state index in [4.69, 9.17) is 21.1 Å². The smallest absolute Gasteiger partial charge is 0.135 e. The molecule has 0 bridgehead atoms. The molecule has 0 aliphatic heterocycles. The molecule has 2 nitrogen and oxygen atoms in total. The molecule has 88 valence electrons. The van der Waals surface area contributed by atoms with Gasteiger partial charge in [-0.3, -0.25) is 0 Å². The van der Waals surface area contributed by atoms with Gasteiger partial charge in [-0.15, -0.1) is 11.6 Å². The van der Waals surface area contributed by atoms with Crippen molar-refractivity contribution < 1.29 is 9.47 Å². The van der Waals surface area contributed by atoms with Gasteiger partial charge in [0.1, 0.15) is 18.1 Å². The van der Waals surface area contributed by atoms with E-state index in [2.05, 4.69) is 38.4 Å². The first kappa shape index (κ1) is 13.9. The summed E-state index contributed by atoms with van der Waals surface area (Å²) in [6.07, 6.45) is 0. The van der Waals surface area contributed by atoms with E-state index in [0.29, 0.717) is 12.5 Å². The molecule has 0 N–H and O–H groups in total. The summed E-state index contributed by atoms with van der Waals surface area (Å²) in [5.41, 5.74) is 0.834. The van der Waals surface area contributed by atoms with Gasteiger partial charge in [0.05, 0.1) is 16.1 Å². The van der Waals surface area contributed by atoms with Crippen LogP contribution in [0.5, 0.6) is 11.5 Å². The third-order valence-electron chi connectivity index (χ3n) is 1.83. The highest BCUT2D eigenvalue weighted by molar-refractivity contribution is 9.11. The van der Waals surface area contributed by atoms with Gasteiger partial charge in [0.15, 0.2) is 0 Å². The molecule has 0 radical (unpaired) electrons. The Labute approximate surface area is 117 Å². The molecule has 1 aromatic carbocycles. The maximum absolute atomic E-state index is 5.62. The highest BCUT2D eigenvalue weighted by Gasteiger charge is 2.08. The van der Waals surface area contributed by atoms with Crippen LogP contribution in [0.3, 0.4) is 0 Å². The van der Waals surface area contributed by atoms with Crippen LogP contribution < -0.4 is 9.47 Å². The predicted molar refractivity (Wildman–Crippen MR) is 73.7 cm³/mol. The van der Waals surface area contributed by atoms with Gasteiger partial charge in [-0.1, -0.05) is 6.58 Å². The molecule has 0 heterocycles. The lowest BCUT2D eigenvalue weighted by molar-refractivity contribution is 0.348. The Hall–Kier alpha value is -0.190. The highest BCUT2D eigenvalue weighted by atomic mass is 79.9. The van der Waals surface area contributed by atoms with E-state index in [1.807, 2.05) is 12.1 Å². The van der Waals surface area contributed by atoms with Gasteiger partial charge in [-0.2, -0.15) is 0 Å². The molecular formula is C11H11Br2ClO2. The molecule has 0 aliphatic carbocycles. The monoisotopic (exact) mass is 368 g/mol. The summed E-state index contributed by atoms with van der Waals surface area (Å²) in [4.78, 5) is 0. The largest absolute Gasteiger partial charge is 0.496 e. The minimum atomic E-state index is 0.398. The molecule has 0 saturated carbocycles. The highest BCUT2D eigenvalue weighted by Crippen LogP contribution is 2.36. The van der Waals surface area contributed by atoms with Gasteiger partial charge >= 0.3 is 0 Å². The van der Waals surface area contributed by atoms with E-state index in [0.717, 1.165) is 26.0 Å². The van der Waals surface area contributed by atoms with Gasteiger partial charge < -0.3 is 9.47 Å². The number of halogens is 3. The number of hydrogen-bond acceptors (Lipinski definition) is 2. The average molecular weight is 370 g/mol. The van der Waals surface area contributed by atoms with Crippen molar-refractivity contribution in [3.05, 3.63) is 33.2 Å². The summed E-state index contributed by atoms with van der Waals surface area (Å²) in [6.45, 7) is 4.17. The third-order valence-corrected chi connectivity index (χ3v) is 3.44. The molecule has 1 aromatic rings. The van der Waals surface area contributed by atoms with Crippen LogP contribution >= 0.6 is 43.5 Å². The second-order valence-electron chi connectivity index (χ2n) is 3.09. The van der Waals surface area contributed by atoms with Crippen LogP contribution in [0.25, 0.3) is 0 Å². The van der Waals surface area contributed by atoms with Crippen LogP contribution in [-0.2, 0) is 0 Å². The van der Waals surface area contributed by atoms with E-state index in [1.54, 1.807) is 7.11 Å². The minimum absolute atomic E-state index is 0.398. The summed E-state index contributed by atoms with van der Waals surface area (Å²) in [5, 5.41) is 0. The van der Waals surface area contributed by atoms with Crippen molar-refractivity contribution >= 4 is 43.5 Å². The molecule has 0 aromatic heterocycles. The number of methoxy groups -OCH3 is 1. The van der Waals surface area contributed by atoms with E-state index in [9.17, 15) is 0 Å². The van der Waals surface area contributed by atoms with Crippen molar-refractivity contribution in [1.82, 2.24) is 0 Å². The quantitative estimate of drug-likeness (QED) is 0.565. The maximum atomic E-state index is 5.62. The van der Waals surface area contributed by atoms with E-state index in [1.165, 1.54) is 0 Å². The molecule has 0 aliphatic rings. The van der Waals surface area contributed by atoms with Crippen LogP contribution in [0, 0.1) is 0 Å². The van der Waals surface area contributed by atoms with Crippen molar-refractivity contribution in [1.29, 1.82) is 0 Å². The first-order chi connectivity index (χ1) is 7.58. The fourth-order valence-corrected chi connectivity index (χ4v) is 1.99. The van der Waals surface area contributed by atoms with E-state index >= 15 is 0 Å². The number of alkyl halides is 1. The number of ether oxygens (including phenoxy) is 2. The van der Waals surface area contributed by atoms with E-state index < -0.39 is 0 Å². The number of rotatable bonds is 5. The van der Waals surface area contributed by atoms with Gasteiger partial charge in [0, 0.05) is 5.88 Å². The minimum Gasteiger partial charge on any atom is -0.496 e. The maximum Gasteiger partial charge on any atom is 0.135 e. The van der Waals surface area contributed by atoms with Crippen molar-refractivity contribution in [2.45, 2.75) is 0 Å². The second-order valence-corrected chi connectivity index (χ2v) is 5.07. The lowest BCUT2D eigenvalue weighted by Crippen LogP contribution is -2.02. The Kier molecular flexibility index (Phi) is 5.66. The molecule has 0 saturated heterocycles. The summed E-state index contributed by atoms with van der Waals surface area (Å²) in [7, 11) is 1.61. The molecule has 0 unspecified atom stereocenters. The average Bonchev–Trinajstić information content (AvgIpc) is 2.29. The first-order valence-electron chi connectivity index (χ1n) is 4.47. The summed E-state index contributed by atoms with van der Waals surface area (Å²) >= 11 is 12.4. The van der Waals surface area contributed by atoms with E-state index in [-0.39, 0.29) is 0 Å². The third kappa shape index (κ3) is 3.68. The zero-order valence-corrected chi connectivity index (χ0v) is 12.7. The molecule has 5 heteroatoms. The Morgan fingerprint density at radius 2 is 1.88 bits per heavy atom. The molecule has 0 spiro atoms. The molecule has 16 heavy (non-hydrogen) atoms. The summed E-state index contributed by atoms with van der Waals surface area (Å²) in [6, 6.07) is 3.67. The second kappa shape index (κ2) is 6.52. The summed E-state index contributed by atoms with van der Waals surface area (Å²) in [5.74, 6) is 1.86. The van der Waals surface area contributed by atoms with Crippen molar-refractivity contribution in [3.63, 3.8) is 0 Å². The topological polar surface area (TPSA) is 18.5 Å². The SMILES string of the molecule is C=C(CCl)COc1cc(Br)c(OC)cc1Br. The zero-order valence-electron chi connectivity index (χ0n) is 8.73. The molecular weight excluding hydrogens is 359 g/mol. The lowest BCUT2D eigenvalue weighted by Gasteiger charge is -2.11. The van der Waals surface area contributed by atoms with Gasteiger partial charge in [0.25, 0.3) is 0 Å². The Morgan fingerprint density at radius 3 is 2.44 bits per heavy atom. The summed E-state index contributed by atoms with van der Waals surface area (Å²) < 4.78 is 12.4. The standard InChI is InChI=1S/C11H11Br2ClO2/c1-7(5-14)6-16-11-4-8(12)10(15-2)3-9(11)13/h3-4H,1,5-6H2,2H3. The Balaban J connectivity index is 2.81. The van der Waals surface area contributed by atoms with Crippen LogP contribution in [-0.4, -0.2) is 19.6 Å². The van der Waals surface area contributed by atoms with Gasteiger partial charge in [-0.05, 0) is 49.6 Å². The van der Waals surface area contributed by atoms with Crippen LogP contribution in [0.2, 0.25) is 0 Å². The van der Waals surface area contributed by atoms with Crippen LogP contribution in [0.4, 0.5) is 0 Å². The lowest BCUT2D eigenvalue weighted by atomic mass is 10.3. The Morgan fingerprint density at radius 1 is 1.31 bits per heavy atom. The molecule has 0 amide bonds. The van der Waals surface area contributed by atoms with Crippen molar-refractivity contribution in [2.75, 3.05) is 19.6 Å². The molecule has 0 fully saturated rings. The van der Waals surface area contributed by atoms with Gasteiger partial charge in [-0.25, -0.2) is 0 Å². The first-order valence-corrected chi connectivity index (χ1v) is 6.59. The molecule has 1 rings (SSSR count). The zero-order chi connectivity index (χ0) is 12.1. The van der Waals surface area contributed by atoms with Gasteiger partial charge in [0.2, 0.25) is 0 Å².